The van der Waals surface area contributed by atoms with Crippen LogP contribution in [0.4, 0.5) is 14.6 Å². The Morgan fingerprint density at radius 2 is 1.65 bits per heavy atom. The molecule has 1 aromatic heterocycles. The van der Waals surface area contributed by atoms with E-state index in [0.717, 1.165) is 23.4 Å². The molecular weight excluding hydrogens is 354 g/mol. The summed E-state index contributed by atoms with van der Waals surface area (Å²) in [5, 5.41) is 1.02. The molecule has 2 amide bonds. The molecular formula is C18H25N3O4S. The summed E-state index contributed by atoms with van der Waals surface area (Å²) >= 11 is 1.21. The maximum Gasteiger partial charge on any atom is 0.425 e. The monoisotopic (exact) mass is 379 g/mol. The van der Waals surface area contributed by atoms with E-state index in [1.807, 2.05) is 6.08 Å². The number of aromatic nitrogens is 1. The molecule has 0 saturated carbocycles. The minimum atomic E-state index is -0.798. The summed E-state index contributed by atoms with van der Waals surface area (Å²) in [5.41, 5.74) is -0.617. The quantitative estimate of drug-likeness (QED) is 0.745. The molecule has 7 nitrogen and oxygen atoms in total. The molecule has 0 aliphatic carbocycles. The number of carbonyl (C=O) groups excluding carboxylic acids is 2. The van der Waals surface area contributed by atoms with Crippen LogP contribution in [0.5, 0.6) is 0 Å². The number of rotatable bonds is 2. The highest BCUT2D eigenvalue weighted by Crippen LogP contribution is 2.31. The molecule has 0 fully saturated rings. The number of dihydropyridines is 1. The number of ether oxygens (including phenoxy) is 2. The van der Waals surface area contributed by atoms with Crippen LogP contribution in [-0.4, -0.2) is 41.1 Å². The predicted molar refractivity (Wildman–Crippen MR) is 103 cm³/mol. The Kier molecular flexibility index (Phi) is 5.85. The summed E-state index contributed by atoms with van der Waals surface area (Å²) in [6.07, 6.45) is 4.49. The highest BCUT2D eigenvalue weighted by Gasteiger charge is 2.34. The zero-order chi connectivity index (χ0) is 19.5. The van der Waals surface area contributed by atoms with Gasteiger partial charge in [0.05, 0.1) is 6.20 Å². The number of hydrogen-bond donors (Lipinski definition) is 0. The zero-order valence-corrected chi connectivity index (χ0v) is 16.8. The summed E-state index contributed by atoms with van der Waals surface area (Å²) in [7, 11) is 0. The van der Waals surface area contributed by atoms with Crippen LogP contribution >= 0.6 is 11.3 Å². The van der Waals surface area contributed by atoms with Crippen LogP contribution in [0, 0.1) is 0 Å². The van der Waals surface area contributed by atoms with E-state index in [-0.39, 0.29) is 0 Å². The van der Waals surface area contributed by atoms with Crippen molar-refractivity contribution in [2.45, 2.75) is 59.2 Å². The maximum atomic E-state index is 12.6. The summed E-state index contributed by atoms with van der Waals surface area (Å²) in [4.78, 5) is 34.7. The fraction of sp³-hybridized carbons (Fsp3) is 0.556. The van der Waals surface area contributed by atoms with Gasteiger partial charge in [-0.3, -0.25) is 4.99 Å². The molecule has 0 saturated heterocycles. The Balaban J connectivity index is 2.32. The third-order valence-corrected chi connectivity index (χ3v) is 4.00. The van der Waals surface area contributed by atoms with Crippen molar-refractivity contribution in [1.82, 2.24) is 4.98 Å². The van der Waals surface area contributed by atoms with E-state index in [4.69, 9.17) is 9.47 Å². The van der Waals surface area contributed by atoms with E-state index < -0.39 is 23.4 Å². The molecule has 0 aromatic carbocycles. The first-order valence-electron chi connectivity index (χ1n) is 8.38. The van der Waals surface area contributed by atoms with E-state index in [1.165, 1.54) is 17.5 Å². The average molecular weight is 379 g/mol. The fourth-order valence-electron chi connectivity index (χ4n) is 2.02. The molecule has 8 heteroatoms. The van der Waals surface area contributed by atoms with E-state index in [9.17, 15) is 9.59 Å². The van der Waals surface area contributed by atoms with Crippen LogP contribution in [0.1, 0.15) is 53.0 Å². The maximum absolute atomic E-state index is 12.6. The van der Waals surface area contributed by atoms with Crippen molar-refractivity contribution < 1.29 is 19.1 Å². The van der Waals surface area contributed by atoms with Crippen LogP contribution in [0.25, 0.3) is 5.57 Å². The van der Waals surface area contributed by atoms with Crippen LogP contribution in [0.15, 0.2) is 17.3 Å². The van der Waals surface area contributed by atoms with Crippen molar-refractivity contribution in [3.8, 4) is 0 Å². The number of aliphatic imine (C=N–C) groups is 1. The third-order valence-electron chi connectivity index (χ3n) is 2.97. The van der Waals surface area contributed by atoms with Gasteiger partial charge in [0, 0.05) is 18.3 Å². The second-order valence-corrected chi connectivity index (χ2v) is 8.79. The Morgan fingerprint density at radius 3 is 2.12 bits per heavy atom. The summed E-state index contributed by atoms with van der Waals surface area (Å²) in [5.74, 6) is 0. The second kappa shape index (κ2) is 7.57. The number of carbonyl (C=O) groups is 2. The molecule has 2 rings (SSSR count). The minimum absolute atomic E-state index is 0.336. The van der Waals surface area contributed by atoms with Gasteiger partial charge in [-0.2, -0.15) is 4.90 Å². The SMILES string of the molecule is CC(C)(C)OC(=O)N(C(=O)OC(C)(C)C)c1cnc(C2=CCCN=C2)s1. The second-order valence-electron chi connectivity index (χ2n) is 7.78. The van der Waals surface area contributed by atoms with Crippen LogP contribution in [0.3, 0.4) is 0 Å². The molecule has 0 radical (unpaired) electrons. The van der Waals surface area contributed by atoms with E-state index in [2.05, 4.69) is 9.98 Å². The highest BCUT2D eigenvalue weighted by molar-refractivity contribution is 7.17. The number of amides is 2. The number of anilines is 1. The van der Waals surface area contributed by atoms with Gasteiger partial charge >= 0.3 is 12.2 Å². The normalized spacial score (nSPS) is 14.6. The number of imide groups is 1. The van der Waals surface area contributed by atoms with Gasteiger partial charge in [0.2, 0.25) is 0 Å². The van der Waals surface area contributed by atoms with Crippen molar-refractivity contribution >= 4 is 40.3 Å². The number of thiazole rings is 1. The minimum Gasteiger partial charge on any atom is -0.443 e. The lowest BCUT2D eigenvalue weighted by Gasteiger charge is -2.27. The molecule has 1 aromatic rings. The third kappa shape index (κ3) is 5.66. The van der Waals surface area contributed by atoms with Crippen molar-refractivity contribution in [3.63, 3.8) is 0 Å². The van der Waals surface area contributed by atoms with Crippen LogP contribution in [-0.2, 0) is 9.47 Å². The first-order chi connectivity index (χ1) is 12.0. The van der Waals surface area contributed by atoms with E-state index in [0.29, 0.717) is 10.0 Å². The molecule has 142 valence electrons. The molecule has 0 atom stereocenters. The van der Waals surface area contributed by atoms with Gasteiger partial charge in [0.15, 0.2) is 0 Å². The van der Waals surface area contributed by atoms with Gasteiger partial charge in [-0.05, 0) is 48.0 Å². The fourth-order valence-corrected chi connectivity index (χ4v) is 2.93. The topological polar surface area (TPSA) is 81.1 Å². The van der Waals surface area contributed by atoms with E-state index >= 15 is 0 Å². The molecule has 0 N–H and O–H groups in total. The van der Waals surface area contributed by atoms with Gasteiger partial charge < -0.3 is 9.47 Å². The number of allylic oxidation sites excluding steroid dienone is 1. The lowest BCUT2D eigenvalue weighted by Crippen LogP contribution is -2.43. The van der Waals surface area contributed by atoms with Gasteiger partial charge in [-0.1, -0.05) is 17.4 Å². The van der Waals surface area contributed by atoms with Crippen molar-refractivity contribution in [1.29, 1.82) is 0 Å². The average Bonchev–Trinajstić information content (AvgIpc) is 2.94. The van der Waals surface area contributed by atoms with Gasteiger partial charge in [0.25, 0.3) is 0 Å². The molecule has 1 aliphatic heterocycles. The van der Waals surface area contributed by atoms with Gasteiger partial charge in [-0.25, -0.2) is 14.6 Å². The molecule has 1 aliphatic rings. The Labute approximate surface area is 157 Å². The Hall–Kier alpha value is -2.22. The standard InChI is InChI=1S/C18H25N3O4S/c1-17(2,3)24-15(22)21(16(23)25-18(4,5)6)13-11-20-14(26-13)12-8-7-9-19-10-12/h8,10-11H,7,9H2,1-6H3. The zero-order valence-electron chi connectivity index (χ0n) is 16.0. The Bertz CT molecular complexity index is 710. The van der Waals surface area contributed by atoms with Crippen molar-refractivity contribution in [2.24, 2.45) is 4.99 Å². The molecule has 0 bridgehead atoms. The largest absolute Gasteiger partial charge is 0.443 e. The lowest BCUT2D eigenvalue weighted by molar-refractivity contribution is 0.0432. The first-order valence-corrected chi connectivity index (χ1v) is 9.20. The molecule has 26 heavy (non-hydrogen) atoms. The molecule has 2 heterocycles. The molecule has 0 spiro atoms. The van der Waals surface area contributed by atoms with Crippen molar-refractivity contribution in [3.05, 3.63) is 17.3 Å². The lowest BCUT2D eigenvalue weighted by atomic mass is 10.2. The first kappa shape index (κ1) is 20.1. The van der Waals surface area contributed by atoms with Crippen LogP contribution < -0.4 is 4.90 Å². The van der Waals surface area contributed by atoms with Gasteiger partial charge in [-0.15, -0.1) is 0 Å². The van der Waals surface area contributed by atoms with Crippen LogP contribution in [0.2, 0.25) is 0 Å². The predicted octanol–water partition coefficient (Wildman–Crippen LogP) is 4.68. The van der Waals surface area contributed by atoms with Crippen molar-refractivity contribution in [2.75, 3.05) is 11.4 Å². The Morgan fingerprint density at radius 1 is 1.08 bits per heavy atom. The number of nitrogens with zero attached hydrogens (tertiary/aromatic N) is 3. The summed E-state index contributed by atoms with van der Waals surface area (Å²) < 4.78 is 10.7. The smallest absolute Gasteiger partial charge is 0.425 e. The van der Waals surface area contributed by atoms with Gasteiger partial charge in [0.1, 0.15) is 21.2 Å². The number of hydrogen-bond acceptors (Lipinski definition) is 7. The molecule has 0 unspecified atom stereocenters. The van der Waals surface area contributed by atoms with E-state index in [1.54, 1.807) is 47.8 Å². The summed E-state index contributed by atoms with van der Waals surface area (Å²) in [6.45, 7) is 11.2. The highest BCUT2D eigenvalue weighted by atomic mass is 32.1. The summed E-state index contributed by atoms with van der Waals surface area (Å²) in [6, 6.07) is 0.